The van der Waals surface area contributed by atoms with Gasteiger partial charge in [0.25, 0.3) is 0 Å². The second-order valence-electron chi connectivity index (χ2n) is 5.85. The molecule has 0 radical (unpaired) electrons. The molecule has 19 heavy (non-hydrogen) atoms. The first-order valence-corrected chi connectivity index (χ1v) is 7.34. The molecule has 2 heteroatoms. The largest absolute Gasteiger partial charge is 0.391 e. The quantitative estimate of drug-likeness (QED) is 0.830. The van der Waals surface area contributed by atoms with Gasteiger partial charge in [-0.1, -0.05) is 46.4 Å². The molecular formula is C17H29NO. The topological polar surface area (TPSA) is 21.3 Å². The van der Waals surface area contributed by atoms with E-state index in [4.69, 9.17) is 4.74 Å². The number of allylic oxidation sites excluding steroid dienone is 3. The molecule has 1 N–H and O–H groups in total. The van der Waals surface area contributed by atoms with Crippen LogP contribution in [0.2, 0.25) is 0 Å². The minimum Gasteiger partial charge on any atom is -0.391 e. The molecule has 0 saturated carbocycles. The molecule has 1 unspecified atom stereocenters. The van der Waals surface area contributed by atoms with Crippen molar-refractivity contribution >= 4 is 0 Å². The van der Waals surface area contributed by atoms with Crippen LogP contribution in [0.1, 0.15) is 34.1 Å². The van der Waals surface area contributed by atoms with Gasteiger partial charge in [-0.3, -0.25) is 0 Å². The Kier molecular flexibility index (Phi) is 6.36. The van der Waals surface area contributed by atoms with Crippen molar-refractivity contribution in [1.29, 1.82) is 0 Å². The fraction of sp³-hybridized carbons (Fsp3) is 0.647. The van der Waals surface area contributed by atoms with Crippen LogP contribution in [0.15, 0.2) is 35.6 Å². The van der Waals surface area contributed by atoms with Gasteiger partial charge in [0.15, 0.2) is 0 Å². The molecule has 1 atom stereocenters. The summed E-state index contributed by atoms with van der Waals surface area (Å²) in [5.74, 6) is 1.66. The Morgan fingerprint density at radius 2 is 2.05 bits per heavy atom. The van der Waals surface area contributed by atoms with Gasteiger partial charge >= 0.3 is 0 Å². The average Bonchev–Trinajstić information content (AvgIpc) is 2.54. The Labute approximate surface area is 118 Å². The zero-order valence-corrected chi connectivity index (χ0v) is 13.1. The molecule has 108 valence electrons. The lowest BCUT2D eigenvalue weighted by molar-refractivity contribution is 0.152. The summed E-state index contributed by atoms with van der Waals surface area (Å²) in [6, 6.07) is 0. The minimum atomic E-state index is 0.493. The fourth-order valence-electron chi connectivity index (χ4n) is 2.91. The normalized spacial score (nSPS) is 25.6. The van der Waals surface area contributed by atoms with Crippen molar-refractivity contribution in [3.8, 4) is 0 Å². The van der Waals surface area contributed by atoms with Crippen molar-refractivity contribution < 1.29 is 4.74 Å². The van der Waals surface area contributed by atoms with Gasteiger partial charge in [-0.25, -0.2) is 0 Å². The van der Waals surface area contributed by atoms with Crippen molar-refractivity contribution in [2.75, 3.05) is 20.3 Å². The lowest BCUT2D eigenvalue weighted by Crippen LogP contribution is -2.23. The van der Waals surface area contributed by atoms with Crippen molar-refractivity contribution in [3.63, 3.8) is 0 Å². The maximum atomic E-state index is 5.77. The second-order valence-corrected chi connectivity index (χ2v) is 5.85. The van der Waals surface area contributed by atoms with Gasteiger partial charge in [-0.2, -0.15) is 0 Å². The maximum absolute atomic E-state index is 5.77. The van der Waals surface area contributed by atoms with Crippen molar-refractivity contribution in [2.45, 2.75) is 34.1 Å². The Hall–Kier alpha value is -1.02. The highest BCUT2D eigenvalue weighted by Crippen LogP contribution is 2.35. The molecule has 0 aromatic carbocycles. The summed E-state index contributed by atoms with van der Waals surface area (Å²) < 4.78 is 5.77. The Morgan fingerprint density at radius 3 is 2.53 bits per heavy atom. The Bertz CT molecular complexity index is 363. The number of nitrogens with one attached hydrogen (secondary N) is 1. The molecule has 0 amide bonds. The fourth-order valence-corrected chi connectivity index (χ4v) is 2.91. The number of hydrogen-bond acceptors (Lipinski definition) is 2. The molecular weight excluding hydrogens is 234 g/mol. The first-order chi connectivity index (χ1) is 9.02. The van der Waals surface area contributed by atoms with Crippen LogP contribution in [0.5, 0.6) is 0 Å². The smallest absolute Gasteiger partial charge is 0.0720 e. The monoisotopic (exact) mass is 263 g/mol. The molecule has 1 rings (SSSR count). The van der Waals surface area contributed by atoms with E-state index in [1.54, 1.807) is 0 Å². The van der Waals surface area contributed by atoms with Crippen LogP contribution in [0.3, 0.4) is 0 Å². The molecule has 1 saturated heterocycles. The summed E-state index contributed by atoms with van der Waals surface area (Å²) in [5.41, 5.74) is 4.08. The highest BCUT2D eigenvalue weighted by Gasteiger charge is 2.27. The van der Waals surface area contributed by atoms with E-state index in [2.05, 4.69) is 45.7 Å². The average molecular weight is 263 g/mol. The lowest BCUT2D eigenvalue weighted by atomic mass is 9.79. The highest BCUT2D eigenvalue weighted by molar-refractivity contribution is 5.40. The molecule has 0 aliphatic carbocycles. The standard InChI is InChI=1S/C17H29NO/c1-7-8-14-11-19-10-9-15(12(2)3)16(14)17(18-6)13(4)5/h7-8,12-13,15,18H,1,9-11H2,2-6H3/b14-8-,17-16+. The van der Waals surface area contributed by atoms with Crippen LogP contribution < -0.4 is 5.32 Å². The van der Waals surface area contributed by atoms with Crippen LogP contribution in [0, 0.1) is 17.8 Å². The summed E-state index contributed by atoms with van der Waals surface area (Å²) >= 11 is 0. The Balaban J connectivity index is 3.38. The highest BCUT2D eigenvalue weighted by atomic mass is 16.5. The van der Waals surface area contributed by atoms with E-state index in [0.717, 1.165) is 13.0 Å². The van der Waals surface area contributed by atoms with E-state index in [1.807, 2.05) is 13.1 Å². The summed E-state index contributed by atoms with van der Waals surface area (Å²) in [6.07, 6.45) is 5.07. The van der Waals surface area contributed by atoms with Crippen molar-refractivity contribution in [1.82, 2.24) is 5.32 Å². The molecule has 1 aliphatic heterocycles. The zero-order chi connectivity index (χ0) is 14.4. The molecule has 1 aliphatic rings. The first kappa shape index (κ1) is 16.0. The molecule has 0 aromatic rings. The maximum Gasteiger partial charge on any atom is 0.0720 e. The third kappa shape index (κ3) is 3.97. The third-order valence-electron chi connectivity index (χ3n) is 3.81. The zero-order valence-electron chi connectivity index (χ0n) is 13.1. The van der Waals surface area contributed by atoms with E-state index in [-0.39, 0.29) is 0 Å². The van der Waals surface area contributed by atoms with E-state index in [1.165, 1.54) is 16.8 Å². The molecule has 0 bridgehead atoms. The van der Waals surface area contributed by atoms with Gasteiger partial charge in [-0.05, 0) is 35.3 Å². The molecule has 1 fully saturated rings. The predicted octanol–water partition coefficient (Wildman–Crippen LogP) is 3.92. The third-order valence-corrected chi connectivity index (χ3v) is 3.81. The minimum absolute atomic E-state index is 0.493. The molecule has 2 nitrogen and oxygen atoms in total. The number of ether oxygens (including phenoxy) is 1. The van der Waals surface area contributed by atoms with Crippen molar-refractivity contribution in [2.24, 2.45) is 17.8 Å². The van der Waals surface area contributed by atoms with Gasteiger partial charge in [0.1, 0.15) is 0 Å². The summed E-state index contributed by atoms with van der Waals surface area (Å²) in [5, 5.41) is 3.42. The van der Waals surface area contributed by atoms with Crippen LogP contribution >= 0.6 is 0 Å². The van der Waals surface area contributed by atoms with Gasteiger partial charge in [0.2, 0.25) is 0 Å². The lowest BCUT2D eigenvalue weighted by Gasteiger charge is -2.28. The van der Waals surface area contributed by atoms with E-state index >= 15 is 0 Å². The van der Waals surface area contributed by atoms with Gasteiger partial charge < -0.3 is 10.1 Å². The van der Waals surface area contributed by atoms with Gasteiger partial charge in [-0.15, -0.1) is 0 Å². The predicted molar refractivity (Wildman–Crippen MR) is 83.0 cm³/mol. The van der Waals surface area contributed by atoms with Gasteiger partial charge in [0, 0.05) is 19.4 Å². The summed E-state index contributed by atoms with van der Waals surface area (Å²) in [7, 11) is 2.02. The van der Waals surface area contributed by atoms with E-state index in [9.17, 15) is 0 Å². The van der Waals surface area contributed by atoms with Crippen LogP contribution in [-0.4, -0.2) is 20.3 Å². The Morgan fingerprint density at radius 1 is 1.37 bits per heavy atom. The molecule has 0 aromatic heterocycles. The summed E-state index contributed by atoms with van der Waals surface area (Å²) in [6.45, 7) is 14.5. The summed E-state index contributed by atoms with van der Waals surface area (Å²) in [4.78, 5) is 0. The second kappa shape index (κ2) is 7.54. The number of hydrogen-bond donors (Lipinski definition) is 1. The molecule has 0 spiro atoms. The van der Waals surface area contributed by atoms with Crippen LogP contribution in [-0.2, 0) is 4.74 Å². The van der Waals surface area contributed by atoms with Crippen LogP contribution in [0.25, 0.3) is 0 Å². The SMILES string of the molecule is C=C/C=C1/COCCC(C(C)C)/C1=C(/NC)C(C)C. The molecule has 1 heterocycles. The van der Waals surface area contributed by atoms with E-state index in [0.29, 0.717) is 24.4 Å². The first-order valence-electron chi connectivity index (χ1n) is 7.34. The van der Waals surface area contributed by atoms with E-state index < -0.39 is 0 Å². The van der Waals surface area contributed by atoms with Crippen LogP contribution in [0.4, 0.5) is 0 Å². The number of rotatable bonds is 4. The van der Waals surface area contributed by atoms with Crippen molar-refractivity contribution in [3.05, 3.63) is 35.6 Å². The van der Waals surface area contributed by atoms with Gasteiger partial charge in [0.05, 0.1) is 6.61 Å².